The molecule has 7 heteroatoms. The predicted octanol–water partition coefficient (Wildman–Crippen LogP) is 2.79. The first-order valence-corrected chi connectivity index (χ1v) is 10.8. The SMILES string of the molecule is COCCS(=O)(=O)c1ccc(C(=O)N2CCc3[nH]c4ccccc4c3C2)cc1. The van der Waals surface area contributed by atoms with Gasteiger partial charge in [0.1, 0.15) is 0 Å². The van der Waals surface area contributed by atoms with E-state index in [0.717, 1.165) is 22.9 Å². The maximum Gasteiger partial charge on any atom is 0.254 e. The van der Waals surface area contributed by atoms with Gasteiger partial charge in [0.05, 0.1) is 17.3 Å². The smallest absolute Gasteiger partial charge is 0.254 e. The Labute approximate surface area is 164 Å². The highest BCUT2D eigenvalue weighted by molar-refractivity contribution is 7.91. The van der Waals surface area contributed by atoms with Crippen LogP contribution in [-0.4, -0.2) is 50.2 Å². The topological polar surface area (TPSA) is 79.5 Å². The summed E-state index contributed by atoms with van der Waals surface area (Å²) >= 11 is 0. The number of carbonyl (C=O) groups is 1. The number of rotatable bonds is 5. The van der Waals surface area contributed by atoms with Gasteiger partial charge in [0.25, 0.3) is 5.91 Å². The second-order valence-electron chi connectivity index (χ2n) is 6.94. The molecule has 0 atom stereocenters. The number of sulfone groups is 1. The molecule has 28 heavy (non-hydrogen) atoms. The van der Waals surface area contributed by atoms with Crippen molar-refractivity contribution in [2.45, 2.75) is 17.9 Å². The third-order valence-corrected chi connectivity index (χ3v) is 6.88. The molecule has 0 aliphatic carbocycles. The van der Waals surface area contributed by atoms with Gasteiger partial charge in [-0.2, -0.15) is 0 Å². The summed E-state index contributed by atoms with van der Waals surface area (Å²) in [5.41, 5.74) is 3.93. The molecule has 3 aromatic rings. The van der Waals surface area contributed by atoms with Gasteiger partial charge < -0.3 is 14.6 Å². The maximum atomic E-state index is 12.9. The molecule has 6 nitrogen and oxygen atoms in total. The highest BCUT2D eigenvalue weighted by atomic mass is 32.2. The molecule has 0 bridgehead atoms. The number of para-hydroxylation sites is 1. The molecule has 4 rings (SSSR count). The van der Waals surface area contributed by atoms with E-state index < -0.39 is 9.84 Å². The highest BCUT2D eigenvalue weighted by Crippen LogP contribution is 2.28. The summed E-state index contributed by atoms with van der Waals surface area (Å²) in [6, 6.07) is 14.3. The lowest BCUT2D eigenvalue weighted by Crippen LogP contribution is -2.35. The molecule has 1 aliphatic heterocycles. The highest BCUT2D eigenvalue weighted by Gasteiger charge is 2.25. The van der Waals surface area contributed by atoms with E-state index in [1.54, 1.807) is 12.1 Å². The van der Waals surface area contributed by atoms with Gasteiger partial charge in [-0.1, -0.05) is 18.2 Å². The van der Waals surface area contributed by atoms with Crippen LogP contribution in [0.1, 0.15) is 21.6 Å². The Balaban J connectivity index is 1.54. The van der Waals surface area contributed by atoms with Crippen molar-refractivity contribution < 1.29 is 17.9 Å². The lowest BCUT2D eigenvalue weighted by molar-refractivity contribution is 0.0735. The summed E-state index contributed by atoms with van der Waals surface area (Å²) in [7, 11) is -1.93. The Morgan fingerprint density at radius 2 is 1.89 bits per heavy atom. The van der Waals surface area contributed by atoms with Crippen LogP contribution in [0.2, 0.25) is 0 Å². The molecule has 0 radical (unpaired) electrons. The van der Waals surface area contributed by atoms with E-state index in [4.69, 9.17) is 4.74 Å². The van der Waals surface area contributed by atoms with Crippen LogP contribution in [0.4, 0.5) is 0 Å². The Bertz CT molecular complexity index is 1120. The van der Waals surface area contributed by atoms with E-state index in [9.17, 15) is 13.2 Å². The van der Waals surface area contributed by atoms with Crippen molar-refractivity contribution in [2.24, 2.45) is 0 Å². The van der Waals surface area contributed by atoms with Crippen molar-refractivity contribution in [3.8, 4) is 0 Å². The number of hydrogen-bond donors (Lipinski definition) is 1. The number of nitrogens with zero attached hydrogens (tertiary/aromatic N) is 1. The molecule has 0 saturated carbocycles. The first-order valence-electron chi connectivity index (χ1n) is 9.19. The fourth-order valence-corrected chi connectivity index (χ4v) is 4.81. The fraction of sp³-hybridized carbons (Fsp3) is 0.286. The Morgan fingerprint density at radius 1 is 1.14 bits per heavy atom. The van der Waals surface area contributed by atoms with Crippen LogP contribution in [0.3, 0.4) is 0 Å². The van der Waals surface area contributed by atoms with Gasteiger partial charge in [-0.3, -0.25) is 4.79 Å². The average molecular weight is 398 g/mol. The number of fused-ring (bicyclic) bond motifs is 3. The minimum absolute atomic E-state index is 0.0771. The van der Waals surface area contributed by atoms with Crippen LogP contribution in [-0.2, 0) is 27.5 Å². The zero-order valence-electron chi connectivity index (χ0n) is 15.6. The summed E-state index contributed by atoms with van der Waals surface area (Å²) in [4.78, 5) is 18.4. The first-order chi connectivity index (χ1) is 13.5. The van der Waals surface area contributed by atoms with Crippen LogP contribution in [0.15, 0.2) is 53.4 Å². The molecule has 2 heterocycles. The third kappa shape index (κ3) is 3.43. The van der Waals surface area contributed by atoms with Crippen molar-refractivity contribution in [3.05, 3.63) is 65.4 Å². The van der Waals surface area contributed by atoms with Gasteiger partial charge in [-0.05, 0) is 30.3 Å². The van der Waals surface area contributed by atoms with Crippen molar-refractivity contribution in [3.63, 3.8) is 0 Å². The molecule has 1 N–H and O–H groups in total. The monoisotopic (exact) mass is 398 g/mol. The minimum atomic E-state index is -3.40. The average Bonchev–Trinajstić information content (AvgIpc) is 3.10. The van der Waals surface area contributed by atoms with Crippen LogP contribution in [0, 0.1) is 0 Å². The molecule has 1 aliphatic rings. The normalized spacial score (nSPS) is 14.2. The van der Waals surface area contributed by atoms with Gasteiger partial charge in [-0.15, -0.1) is 0 Å². The number of benzene rings is 2. The number of hydrogen-bond acceptors (Lipinski definition) is 4. The van der Waals surface area contributed by atoms with Crippen LogP contribution >= 0.6 is 0 Å². The van der Waals surface area contributed by atoms with Crippen molar-refractivity contribution in [1.29, 1.82) is 0 Å². The minimum Gasteiger partial charge on any atom is -0.384 e. The molecule has 1 amide bonds. The Hall–Kier alpha value is -2.64. The molecule has 2 aromatic carbocycles. The van der Waals surface area contributed by atoms with Crippen LogP contribution < -0.4 is 0 Å². The fourth-order valence-electron chi connectivity index (χ4n) is 3.64. The summed E-state index contributed by atoms with van der Waals surface area (Å²) in [6.07, 6.45) is 0.777. The number of carbonyl (C=O) groups excluding carboxylic acids is 1. The number of nitrogens with one attached hydrogen (secondary N) is 1. The van der Waals surface area contributed by atoms with E-state index in [1.165, 1.54) is 24.9 Å². The molecule has 1 aromatic heterocycles. The van der Waals surface area contributed by atoms with E-state index in [-0.39, 0.29) is 23.2 Å². The first kappa shape index (κ1) is 18.7. The largest absolute Gasteiger partial charge is 0.384 e. The molecule has 146 valence electrons. The summed E-state index contributed by atoms with van der Waals surface area (Å²) in [5.74, 6) is -0.163. The van der Waals surface area contributed by atoms with E-state index in [2.05, 4.69) is 11.1 Å². The number of H-pyrrole nitrogens is 1. The van der Waals surface area contributed by atoms with E-state index >= 15 is 0 Å². The van der Waals surface area contributed by atoms with Crippen LogP contribution in [0.25, 0.3) is 10.9 Å². The van der Waals surface area contributed by atoms with Crippen molar-refractivity contribution >= 4 is 26.6 Å². The van der Waals surface area contributed by atoms with Crippen molar-refractivity contribution in [1.82, 2.24) is 9.88 Å². The third-order valence-electron chi connectivity index (χ3n) is 5.19. The second-order valence-corrected chi connectivity index (χ2v) is 9.05. The lowest BCUT2D eigenvalue weighted by Gasteiger charge is -2.27. The van der Waals surface area contributed by atoms with Gasteiger partial charge in [0.2, 0.25) is 0 Å². The lowest BCUT2D eigenvalue weighted by atomic mass is 10.0. The van der Waals surface area contributed by atoms with Gasteiger partial charge >= 0.3 is 0 Å². The molecule has 0 unspecified atom stereocenters. The molecular formula is C21H22N2O4S. The second kappa shape index (κ2) is 7.41. The van der Waals surface area contributed by atoms with E-state index in [1.807, 2.05) is 23.1 Å². The number of aromatic nitrogens is 1. The van der Waals surface area contributed by atoms with E-state index in [0.29, 0.717) is 18.7 Å². The zero-order valence-corrected chi connectivity index (χ0v) is 16.5. The summed E-state index contributed by atoms with van der Waals surface area (Å²) < 4.78 is 29.3. The molecular weight excluding hydrogens is 376 g/mol. The molecule has 0 saturated heterocycles. The van der Waals surface area contributed by atoms with Crippen molar-refractivity contribution in [2.75, 3.05) is 26.0 Å². The quantitative estimate of drug-likeness (QED) is 0.717. The Morgan fingerprint density at radius 3 is 2.64 bits per heavy atom. The van der Waals surface area contributed by atoms with Gasteiger partial charge in [-0.25, -0.2) is 8.42 Å². The summed E-state index contributed by atoms with van der Waals surface area (Å²) in [5, 5.41) is 1.15. The van der Waals surface area contributed by atoms with Gasteiger partial charge in [0.15, 0.2) is 9.84 Å². The van der Waals surface area contributed by atoms with Crippen LogP contribution in [0.5, 0.6) is 0 Å². The molecule has 0 spiro atoms. The van der Waals surface area contributed by atoms with Gasteiger partial charge in [0, 0.05) is 54.3 Å². The Kier molecular flexibility index (Phi) is 4.95. The summed E-state index contributed by atoms with van der Waals surface area (Å²) in [6.45, 7) is 1.32. The maximum absolute atomic E-state index is 12.9. The number of amides is 1. The molecule has 0 fully saturated rings. The number of methoxy groups -OCH3 is 1. The predicted molar refractivity (Wildman–Crippen MR) is 107 cm³/mol. The number of ether oxygens (including phenoxy) is 1. The zero-order chi connectivity index (χ0) is 19.7. The standard InChI is InChI=1S/C21H22N2O4S/c1-27-12-13-28(25,26)16-8-6-15(7-9-16)21(24)23-11-10-20-18(14-23)17-4-2-3-5-19(17)22-20/h2-9,22H,10-14H2,1H3. The number of aromatic amines is 1.